The van der Waals surface area contributed by atoms with E-state index in [4.69, 9.17) is 5.73 Å². The van der Waals surface area contributed by atoms with Crippen molar-refractivity contribution in [3.63, 3.8) is 0 Å². The van der Waals surface area contributed by atoms with Gasteiger partial charge in [-0.15, -0.1) is 0 Å². The fourth-order valence-corrected chi connectivity index (χ4v) is 2.99. The summed E-state index contributed by atoms with van der Waals surface area (Å²) < 4.78 is 28.7. The second kappa shape index (κ2) is 11.4. The third kappa shape index (κ3) is 6.88. The molecule has 2 unspecified atom stereocenters. The van der Waals surface area contributed by atoms with E-state index in [1.54, 1.807) is 48.4 Å². The molecule has 0 aromatic heterocycles. The molecule has 4 N–H and O–H groups in total. The zero-order valence-electron chi connectivity index (χ0n) is 16.6. The van der Waals surface area contributed by atoms with Crippen molar-refractivity contribution in [1.82, 2.24) is 5.32 Å². The van der Waals surface area contributed by atoms with Crippen molar-refractivity contribution in [2.45, 2.75) is 50.3 Å². The monoisotopic (exact) mass is 416 g/mol. The summed E-state index contributed by atoms with van der Waals surface area (Å²) >= 11 is 0. The highest BCUT2D eigenvalue weighted by atomic mass is 19.3. The Kier molecular flexibility index (Phi) is 8.87. The van der Waals surface area contributed by atoms with Crippen molar-refractivity contribution in [1.29, 1.82) is 0 Å². The zero-order chi connectivity index (χ0) is 22.0. The molecule has 160 valence electrons. The highest BCUT2D eigenvalue weighted by Crippen LogP contribution is 2.23. The lowest BCUT2D eigenvalue weighted by atomic mass is 9.96. The molecule has 0 radical (unpaired) electrons. The number of hydrogen-bond donors (Lipinski definition) is 3. The second-order valence-corrected chi connectivity index (χ2v) is 7.13. The number of unbranched alkanes of at least 4 members (excludes halogenated alkanes) is 1. The lowest BCUT2D eigenvalue weighted by molar-refractivity contribution is -0.165. The van der Waals surface area contributed by atoms with Crippen molar-refractivity contribution in [2.75, 3.05) is 0 Å². The van der Waals surface area contributed by atoms with Crippen LogP contribution in [0.4, 0.5) is 8.78 Å². The Hall–Kier alpha value is -2.86. The Balaban J connectivity index is 1.89. The van der Waals surface area contributed by atoms with Gasteiger partial charge in [0.05, 0.1) is 0 Å². The van der Waals surface area contributed by atoms with Crippen LogP contribution in [0.15, 0.2) is 60.7 Å². The van der Waals surface area contributed by atoms with Crippen LogP contribution in [0.2, 0.25) is 0 Å². The van der Waals surface area contributed by atoms with E-state index >= 15 is 0 Å². The largest absolute Gasteiger partial charge is 0.385 e. The van der Waals surface area contributed by atoms with Gasteiger partial charge in [0.15, 0.2) is 0 Å². The summed E-state index contributed by atoms with van der Waals surface area (Å²) in [5.74, 6) is -3.85. The molecule has 5 nitrogen and oxygen atoms in total. The first-order valence-corrected chi connectivity index (χ1v) is 9.75. The van der Waals surface area contributed by atoms with E-state index in [1.807, 2.05) is 12.1 Å². The third-order valence-electron chi connectivity index (χ3n) is 4.77. The van der Waals surface area contributed by atoms with E-state index in [1.165, 1.54) is 6.08 Å². The number of amides is 1. The first kappa shape index (κ1) is 23.4. The number of benzene rings is 2. The number of nitrogens with one attached hydrogen (secondary N) is 1. The number of aliphatic hydroxyl groups is 1. The van der Waals surface area contributed by atoms with Crippen LogP contribution in [-0.4, -0.2) is 35.0 Å². The van der Waals surface area contributed by atoms with Gasteiger partial charge >= 0.3 is 5.92 Å². The Morgan fingerprint density at radius 3 is 2.37 bits per heavy atom. The normalized spacial score (nSPS) is 13.2. The molecule has 0 fully saturated rings. The molecule has 0 spiro atoms. The fraction of sp³-hybridized carbons (Fsp3) is 0.348. The predicted molar refractivity (Wildman–Crippen MR) is 111 cm³/mol. The number of rotatable bonds is 11. The Bertz CT molecular complexity index is 851. The van der Waals surface area contributed by atoms with Gasteiger partial charge in [0.1, 0.15) is 12.0 Å². The number of carbonyl (C=O) groups is 1. The zero-order valence-corrected chi connectivity index (χ0v) is 16.6. The molecule has 0 heterocycles. The molecular weight excluding hydrogens is 390 g/mol. The first-order valence-electron chi connectivity index (χ1n) is 9.75. The molecule has 1 amide bonds. The third-order valence-corrected chi connectivity index (χ3v) is 4.77. The maximum atomic E-state index is 14.4. The summed E-state index contributed by atoms with van der Waals surface area (Å²) in [4.78, 5) is 22.1. The van der Waals surface area contributed by atoms with Gasteiger partial charge in [-0.05, 0) is 48.4 Å². The van der Waals surface area contributed by atoms with Gasteiger partial charge in [0.25, 0.3) is 5.91 Å². The molecule has 0 bridgehead atoms. The van der Waals surface area contributed by atoms with Crippen molar-refractivity contribution in [2.24, 2.45) is 5.73 Å². The van der Waals surface area contributed by atoms with Crippen LogP contribution in [0.3, 0.4) is 0 Å². The summed E-state index contributed by atoms with van der Waals surface area (Å²) in [6.07, 6.45) is 1.33. The number of hydrogen-bond acceptors (Lipinski definition) is 4. The highest BCUT2D eigenvalue weighted by Gasteiger charge is 2.49. The van der Waals surface area contributed by atoms with E-state index in [2.05, 4.69) is 5.32 Å². The van der Waals surface area contributed by atoms with E-state index in [0.29, 0.717) is 17.5 Å². The van der Waals surface area contributed by atoms with E-state index in [-0.39, 0.29) is 13.0 Å². The van der Waals surface area contributed by atoms with Gasteiger partial charge in [-0.3, -0.25) is 4.79 Å². The first-order chi connectivity index (χ1) is 14.3. The summed E-state index contributed by atoms with van der Waals surface area (Å²) in [6.45, 7) is -0.0681. The Labute approximate surface area is 174 Å². The summed E-state index contributed by atoms with van der Waals surface area (Å²) in [7, 11) is 0. The van der Waals surface area contributed by atoms with E-state index in [9.17, 15) is 23.5 Å². The van der Waals surface area contributed by atoms with Gasteiger partial charge in [-0.1, -0.05) is 54.6 Å². The predicted octanol–water partition coefficient (Wildman–Crippen LogP) is 2.58. The summed E-state index contributed by atoms with van der Waals surface area (Å²) in [5, 5.41) is 12.2. The average Bonchev–Trinajstić information content (AvgIpc) is 2.76. The lowest BCUT2D eigenvalue weighted by Gasteiger charge is -2.26. The number of aliphatic hydroxyl groups excluding tert-OH is 1. The number of carbonyl (C=O) groups excluding carboxylic acids is 2. The van der Waals surface area contributed by atoms with Crippen LogP contribution in [-0.2, 0) is 29.0 Å². The van der Waals surface area contributed by atoms with Gasteiger partial charge in [-0.25, -0.2) is 4.79 Å². The van der Waals surface area contributed by atoms with Crippen molar-refractivity contribution >= 4 is 11.8 Å². The van der Waals surface area contributed by atoms with Crippen LogP contribution in [0.1, 0.15) is 29.5 Å². The van der Waals surface area contributed by atoms with Gasteiger partial charge in [0, 0.05) is 12.6 Å². The molecule has 0 saturated heterocycles. The minimum atomic E-state index is -4.01. The van der Waals surface area contributed by atoms with Gasteiger partial charge in [0.2, 0.25) is 0 Å². The number of allylic oxidation sites excluding steroid dienone is 1. The second-order valence-electron chi connectivity index (χ2n) is 7.13. The number of aryl methyl sites for hydroxylation is 1. The smallest absolute Gasteiger partial charge is 0.351 e. The fourth-order valence-electron chi connectivity index (χ4n) is 2.99. The molecule has 2 aromatic rings. The van der Waals surface area contributed by atoms with E-state index in [0.717, 1.165) is 18.4 Å². The topological polar surface area (TPSA) is 92.4 Å². The molecule has 0 aliphatic heterocycles. The molecule has 0 saturated carbocycles. The molecule has 0 aliphatic rings. The molecule has 30 heavy (non-hydrogen) atoms. The minimum Gasteiger partial charge on any atom is -0.385 e. The molecule has 2 aromatic carbocycles. The van der Waals surface area contributed by atoms with Crippen LogP contribution >= 0.6 is 0 Å². The van der Waals surface area contributed by atoms with Crippen molar-refractivity contribution < 1.29 is 23.5 Å². The Morgan fingerprint density at radius 1 is 1.10 bits per heavy atom. The van der Waals surface area contributed by atoms with Gasteiger partial charge in [-0.2, -0.15) is 8.78 Å². The minimum absolute atomic E-state index is 0.00309. The summed E-state index contributed by atoms with van der Waals surface area (Å²) in [6, 6.07) is 14.5. The van der Waals surface area contributed by atoms with Crippen LogP contribution in [0, 0.1) is 0 Å². The number of halogens is 2. The Morgan fingerprint density at radius 2 is 1.73 bits per heavy atom. The standard InChI is InChI=1S/C23H26F2N2O3/c24-23(25,22(30)27-16-19-8-3-1-4-9-19)21(29)20(26)15-18-12-10-17(11-13-18)7-5-2-6-14-28/h1,3-4,6,8-13,20-21,29H,2,5,7,15-16,26H2,(H,27,30). The van der Waals surface area contributed by atoms with Crippen LogP contribution in [0.5, 0.6) is 0 Å². The van der Waals surface area contributed by atoms with Gasteiger partial charge < -0.3 is 16.2 Å². The molecule has 0 aliphatic carbocycles. The quantitative estimate of drug-likeness (QED) is 0.388. The maximum absolute atomic E-state index is 14.4. The molecule has 2 rings (SSSR count). The average molecular weight is 416 g/mol. The number of nitrogens with two attached hydrogens (primary N) is 1. The van der Waals surface area contributed by atoms with E-state index < -0.39 is 24.0 Å². The number of alkyl halides is 2. The van der Waals surface area contributed by atoms with Crippen LogP contribution in [0.25, 0.3) is 0 Å². The van der Waals surface area contributed by atoms with Crippen molar-refractivity contribution in [3.8, 4) is 0 Å². The lowest BCUT2D eigenvalue weighted by Crippen LogP contribution is -2.55. The SMILES string of the molecule is NC(Cc1ccc(CCCC=C=O)cc1)C(O)C(F)(F)C(=O)NCc1ccccc1. The molecule has 2 atom stereocenters. The van der Waals surface area contributed by atoms with Crippen molar-refractivity contribution in [3.05, 3.63) is 77.4 Å². The molecular formula is C23H26F2N2O3. The maximum Gasteiger partial charge on any atom is 0.351 e. The summed E-state index contributed by atoms with van der Waals surface area (Å²) in [5.41, 5.74) is 8.17. The van der Waals surface area contributed by atoms with Crippen LogP contribution < -0.4 is 11.1 Å². The highest BCUT2D eigenvalue weighted by molar-refractivity contribution is 5.84. The molecule has 7 heteroatoms.